The second kappa shape index (κ2) is 6.66. The number of fused-ring (bicyclic) bond motifs is 1. The van der Waals surface area contributed by atoms with Gasteiger partial charge in [0, 0.05) is 13.2 Å². The molecule has 0 bridgehead atoms. The first-order valence-corrected chi connectivity index (χ1v) is 8.77. The van der Waals surface area contributed by atoms with Crippen molar-refractivity contribution in [2.45, 2.75) is 12.5 Å². The molecule has 148 valence electrons. The van der Waals surface area contributed by atoms with Gasteiger partial charge in [0.05, 0.1) is 0 Å². The third-order valence-corrected chi connectivity index (χ3v) is 4.88. The number of imide groups is 1. The Bertz CT molecular complexity index is 1140. The zero-order valence-electron chi connectivity index (χ0n) is 15.6. The van der Waals surface area contributed by atoms with Crippen LogP contribution in [-0.2, 0) is 22.2 Å². The van der Waals surface area contributed by atoms with Crippen LogP contribution in [0.5, 0.6) is 0 Å². The van der Waals surface area contributed by atoms with Crippen LogP contribution in [0, 0.1) is 5.82 Å². The number of nitrogens with zero attached hydrogens (tertiary/aromatic N) is 4. The van der Waals surface area contributed by atoms with Gasteiger partial charge in [-0.3, -0.25) is 24.4 Å². The summed E-state index contributed by atoms with van der Waals surface area (Å²) in [5, 5.41) is 5.16. The Morgan fingerprint density at radius 1 is 1.24 bits per heavy atom. The summed E-state index contributed by atoms with van der Waals surface area (Å²) in [6.45, 7) is 1.02. The Balaban J connectivity index is 1.52. The van der Waals surface area contributed by atoms with Crippen molar-refractivity contribution in [2.75, 3.05) is 11.9 Å². The minimum absolute atomic E-state index is 0.247. The summed E-state index contributed by atoms with van der Waals surface area (Å²) >= 11 is 0. The van der Waals surface area contributed by atoms with Crippen LogP contribution in [0.1, 0.15) is 12.5 Å². The number of hydrogen-bond donors (Lipinski definition) is 2. The van der Waals surface area contributed by atoms with Gasteiger partial charge in [0.15, 0.2) is 5.65 Å². The summed E-state index contributed by atoms with van der Waals surface area (Å²) in [6.07, 6.45) is 1.61. The fourth-order valence-corrected chi connectivity index (χ4v) is 3.26. The first-order chi connectivity index (χ1) is 13.8. The van der Waals surface area contributed by atoms with E-state index < -0.39 is 35.7 Å². The molecule has 3 aromatic rings. The molecule has 1 fully saturated rings. The minimum Gasteiger partial charge on any atom is -0.319 e. The van der Waals surface area contributed by atoms with E-state index in [9.17, 15) is 18.8 Å². The first kappa shape index (κ1) is 18.5. The molecule has 10 heteroatoms. The molecule has 9 nitrogen and oxygen atoms in total. The van der Waals surface area contributed by atoms with Crippen LogP contribution < -0.4 is 10.6 Å². The van der Waals surface area contributed by atoms with Crippen molar-refractivity contribution in [3.63, 3.8) is 0 Å². The monoisotopic (exact) mass is 396 g/mol. The van der Waals surface area contributed by atoms with Crippen LogP contribution in [0.2, 0.25) is 0 Å². The van der Waals surface area contributed by atoms with Gasteiger partial charge in [-0.25, -0.2) is 19.2 Å². The first-order valence-electron chi connectivity index (χ1n) is 8.77. The molecular weight excluding hydrogens is 379 g/mol. The number of aryl methyl sites for hydroxylation is 1. The lowest BCUT2D eigenvalue weighted by molar-refractivity contribution is -0.133. The van der Waals surface area contributed by atoms with Gasteiger partial charge < -0.3 is 5.32 Å². The number of aromatic nitrogens is 3. The zero-order valence-corrected chi connectivity index (χ0v) is 15.6. The fourth-order valence-electron chi connectivity index (χ4n) is 3.26. The Hall–Kier alpha value is -3.82. The predicted octanol–water partition coefficient (Wildman–Crippen LogP) is 1.51. The quantitative estimate of drug-likeness (QED) is 0.650. The molecule has 4 amide bonds. The van der Waals surface area contributed by atoms with E-state index in [2.05, 4.69) is 20.6 Å². The highest BCUT2D eigenvalue weighted by molar-refractivity contribution is 6.10. The number of halogens is 1. The number of pyridine rings is 1. The maximum Gasteiger partial charge on any atom is 0.325 e. The van der Waals surface area contributed by atoms with Crippen molar-refractivity contribution in [1.82, 2.24) is 24.8 Å². The topological polar surface area (TPSA) is 109 Å². The van der Waals surface area contributed by atoms with Crippen molar-refractivity contribution >= 4 is 35.0 Å². The number of imidazole rings is 1. The van der Waals surface area contributed by atoms with Crippen LogP contribution >= 0.6 is 0 Å². The fraction of sp³-hybridized carbons (Fsp3) is 0.211. The van der Waals surface area contributed by atoms with E-state index in [1.165, 1.54) is 31.2 Å². The van der Waals surface area contributed by atoms with E-state index in [1.54, 1.807) is 29.9 Å². The summed E-state index contributed by atoms with van der Waals surface area (Å²) in [5.74, 6) is -1.40. The number of urea groups is 1. The highest BCUT2D eigenvalue weighted by atomic mass is 19.1. The molecule has 4 rings (SSSR count). The van der Waals surface area contributed by atoms with Gasteiger partial charge in [-0.05, 0) is 36.8 Å². The van der Waals surface area contributed by atoms with Crippen molar-refractivity contribution in [2.24, 2.45) is 7.05 Å². The number of anilines is 1. The summed E-state index contributed by atoms with van der Waals surface area (Å²) in [7, 11) is 1.69. The number of amides is 4. The highest BCUT2D eigenvalue weighted by Crippen LogP contribution is 2.29. The Morgan fingerprint density at radius 3 is 2.66 bits per heavy atom. The molecule has 1 atom stereocenters. The van der Waals surface area contributed by atoms with Crippen molar-refractivity contribution in [3.8, 4) is 0 Å². The molecule has 3 heterocycles. The Morgan fingerprint density at radius 2 is 1.97 bits per heavy atom. The molecule has 1 saturated heterocycles. The van der Waals surface area contributed by atoms with Crippen molar-refractivity contribution < 1.29 is 18.8 Å². The smallest absolute Gasteiger partial charge is 0.319 e. The molecule has 1 aliphatic rings. The molecule has 1 aliphatic heterocycles. The van der Waals surface area contributed by atoms with Gasteiger partial charge >= 0.3 is 6.03 Å². The lowest BCUT2D eigenvalue weighted by atomic mass is 9.92. The summed E-state index contributed by atoms with van der Waals surface area (Å²) < 4.78 is 14.8. The maximum absolute atomic E-state index is 13.2. The summed E-state index contributed by atoms with van der Waals surface area (Å²) in [6, 6.07) is 8.02. The Labute approximate surface area is 164 Å². The molecular formula is C19H17FN6O3. The van der Waals surface area contributed by atoms with Crippen LogP contribution in [0.3, 0.4) is 0 Å². The van der Waals surface area contributed by atoms with Crippen LogP contribution in [0.15, 0.2) is 42.6 Å². The van der Waals surface area contributed by atoms with E-state index >= 15 is 0 Å². The normalized spacial score (nSPS) is 18.9. The molecule has 1 unspecified atom stereocenters. The third kappa shape index (κ3) is 3.08. The molecule has 2 N–H and O–H groups in total. The lowest BCUT2D eigenvalue weighted by Gasteiger charge is -2.22. The maximum atomic E-state index is 13.2. The van der Waals surface area contributed by atoms with Gasteiger partial charge in [0.1, 0.15) is 23.4 Å². The van der Waals surface area contributed by atoms with Gasteiger partial charge in [-0.1, -0.05) is 12.1 Å². The molecule has 0 radical (unpaired) electrons. The molecule has 0 aliphatic carbocycles. The van der Waals surface area contributed by atoms with Crippen molar-refractivity contribution in [3.05, 3.63) is 54.0 Å². The Kier molecular flexibility index (Phi) is 4.26. The van der Waals surface area contributed by atoms with Crippen LogP contribution in [0.25, 0.3) is 11.2 Å². The second-order valence-electron chi connectivity index (χ2n) is 6.84. The van der Waals surface area contributed by atoms with Crippen LogP contribution in [-0.4, -0.2) is 43.8 Å². The number of carbonyl (C=O) groups excluding carboxylic acids is 3. The van der Waals surface area contributed by atoms with E-state index in [0.717, 1.165) is 4.90 Å². The average Bonchev–Trinajstić information content (AvgIpc) is 3.12. The second-order valence-corrected chi connectivity index (χ2v) is 6.84. The van der Waals surface area contributed by atoms with Gasteiger partial charge in [-0.15, -0.1) is 0 Å². The number of rotatable bonds is 4. The molecule has 0 saturated carbocycles. The van der Waals surface area contributed by atoms with Gasteiger partial charge in [0.2, 0.25) is 11.9 Å². The summed E-state index contributed by atoms with van der Waals surface area (Å²) in [4.78, 5) is 47.0. The zero-order chi connectivity index (χ0) is 20.8. The molecule has 1 aromatic carbocycles. The molecule has 0 spiro atoms. The molecule has 29 heavy (non-hydrogen) atoms. The van der Waals surface area contributed by atoms with E-state index in [4.69, 9.17) is 0 Å². The van der Waals surface area contributed by atoms with Gasteiger partial charge in [0.25, 0.3) is 5.91 Å². The minimum atomic E-state index is -1.38. The average molecular weight is 396 g/mol. The standard InChI is InChI=1S/C19H17FN6O3/c1-19(11-5-7-12(20)8-6-11)16(28)26(18(29)24-19)10-14(27)23-17-22-13-4-3-9-21-15(13)25(17)2/h3-9H,10H2,1-2H3,(H,24,29)(H,22,23,27). The number of benzene rings is 1. The predicted molar refractivity (Wildman–Crippen MR) is 101 cm³/mol. The van der Waals surface area contributed by atoms with E-state index in [0.29, 0.717) is 16.7 Å². The van der Waals surface area contributed by atoms with E-state index in [-0.39, 0.29) is 5.95 Å². The van der Waals surface area contributed by atoms with E-state index in [1.807, 2.05) is 0 Å². The number of nitrogens with one attached hydrogen (secondary N) is 2. The third-order valence-electron chi connectivity index (χ3n) is 4.88. The van der Waals surface area contributed by atoms with Crippen molar-refractivity contribution in [1.29, 1.82) is 0 Å². The van der Waals surface area contributed by atoms with Crippen LogP contribution in [0.4, 0.5) is 15.1 Å². The van der Waals surface area contributed by atoms with Gasteiger partial charge in [-0.2, -0.15) is 0 Å². The largest absolute Gasteiger partial charge is 0.325 e. The SMILES string of the molecule is Cn1c(NC(=O)CN2C(=O)NC(C)(c3ccc(F)cc3)C2=O)nc2cccnc21. The number of hydrogen-bond acceptors (Lipinski definition) is 5. The summed E-state index contributed by atoms with van der Waals surface area (Å²) in [5.41, 5.74) is 0.222. The molecule has 2 aromatic heterocycles. The number of carbonyl (C=O) groups is 3. The highest BCUT2D eigenvalue weighted by Gasteiger charge is 2.49. The lowest BCUT2D eigenvalue weighted by Crippen LogP contribution is -2.42.